The molecule has 0 bridgehead atoms. The Morgan fingerprint density at radius 3 is 2.33 bits per heavy atom. The summed E-state index contributed by atoms with van der Waals surface area (Å²) in [5.74, 6) is -0.418. The largest absolute Gasteiger partial charge is 0.493 e. The highest BCUT2D eigenvalue weighted by Crippen LogP contribution is 2.33. The van der Waals surface area contributed by atoms with Gasteiger partial charge in [0.2, 0.25) is 5.91 Å². The van der Waals surface area contributed by atoms with E-state index in [1.165, 1.54) is 38.5 Å². The summed E-state index contributed by atoms with van der Waals surface area (Å²) in [6.45, 7) is 4.54. The van der Waals surface area contributed by atoms with E-state index in [4.69, 9.17) is 14.2 Å². The first kappa shape index (κ1) is 20.4. The summed E-state index contributed by atoms with van der Waals surface area (Å²) < 4.78 is 15.5. The fraction of sp³-hybridized carbons (Fsp3) is 0.316. The van der Waals surface area contributed by atoms with E-state index in [-0.39, 0.29) is 17.3 Å². The quantitative estimate of drug-likeness (QED) is 0.575. The molecule has 1 aromatic heterocycles. The number of ketones is 1. The lowest BCUT2D eigenvalue weighted by molar-refractivity contribution is -0.114. The van der Waals surface area contributed by atoms with Gasteiger partial charge in [0.15, 0.2) is 23.9 Å². The number of anilines is 1. The van der Waals surface area contributed by atoms with E-state index in [0.717, 1.165) is 4.88 Å². The summed E-state index contributed by atoms with van der Waals surface area (Å²) in [5.41, 5.74) is 1.32. The van der Waals surface area contributed by atoms with E-state index in [9.17, 15) is 14.4 Å². The Labute approximate surface area is 161 Å². The fourth-order valence-electron chi connectivity index (χ4n) is 2.42. The Balaban J connectivity index is 2.14. The molecule has 8 heteroatoms. The summed E-state index contributed by atoms with van der Waals surface area (Å²) in [6.07, 6.45) is 0. The first-order valence-electron chi connectivity index (χ1n) is 8.08. The van der Waals surface area contributed by atoms with Crippen LogP contribution in [-0.4, -0.2) is 38.5 Å². The van der Waals surface area contributed by atoms with Gasteiger partial charge in [0, 0.05) is 17.4 Å². The first-order valence-corrected chi connectivity index (χ1v) is 8.90. The molecule has 2 rings (SSSR count). The van der Waals surface area contributed by atoms with E-state index in [1.54, 1.807) is 19.1 Å². The lowest BCUT2D eigenvalue weighted by Crippen LogP contribution is -2.16. The van der Waals surface area contributed by atoms with Gasteiger partial charge in [-0.15, -0.1) is 11.3 Å². The average molecular weight is 391 g/mol. The average Bonchev–Trinajstić information content (AvgIpc) is 2.91. The van der Waals surface area contributed by atoms with Crippen molar-refractivity contribution in [1.29, 1.82) is 0 Å². The zero-order valence-corrected chi connectivity index (χ0v) is 16.6. The van der Waals surface area contributed by atoms with Crippen molar-refractivity contribution in [3.63, 3.8) is 0 Å². The van der Waals surface area contributed by atoms with E-state index in [1.807, 2.05) is 6.92 Å². The zero-order chi connectivity index (χ0) is 20.1. The van der Waals surface area contributed by atoms with Crippen molar-refractivity contribution < 1.29 is 28.6 Å². The smallest absolute Gasteiger partial charge is 0.341 e. The number of methoxy groups -OCH3 is 2. The SMILES string of the molecule is COc1ccc(C(=O)COC(=O)c2c(NC(C)=O)sc(C)c2C)cc1OC. The van der Waals surface area contributed by atoms with Crippen molar-refractivity contribution in [3.05, 3.63) is 39.8 Å². The minimum Gasteiger partial charge on any atom is -0.493 e. The molecule has 1 amide bonds. The van der Waals surface area contributed by atoms with Crippen LogP contribution in [0.15, 0.2) is 18.2 Å². The lowest BCUT2D eigenvalue weighted by Gasteiger charge is -2.10. The van der Waals surface area contributed by atoms with E-state index < -0.39 is 12.6 Å². The Morgan fingerprint density at radius 2 is 1.74 bits per heavy atom. The number of amides is 1. The van der Waals surface area contributed by atoms with Crippen LogP contribution in [0.2, 0.25) is 0 Å². The van der Waals surface area contributed by atoms with Gasteiger partial charge in [0.1, 0.15) is 5.00 Å². The molecule has 0 spiro atoms. The molecule has 27 heavy (non-hydrogen) atoms. The molecule has 0 radical (unpaired) electrons. The molecule has 0 aliphatic heterocycles. The van der Waals surface area contributed by atoms with Crippen LogP contribution in [0.25, 0.3) is 0 Å². The van der Waals surface area contributed by atoms with Gasteiger partial charge in [-0.2, -0.15) is 0 Å². The maximum atomic E-state index is 12.5. The van der Waals surface area contributed by atoms with Crippen molar-refractivity contribution >= 4 is 34.0 Å². The molecule has 0 aliphatic carbocycles. The summed E-state index contributed by atoms with van der Waals surface area (Å²) in [7, 11) is 2.97. The first-order chi connectivity index (χ1) is 12.8. The third-order valence-corrected chi connectivity index (χ3v) is 5.04. The van der Waals surface area contributed by atoms with Crippen LogP contribution in [0.4, 0.5) is 5.00 Å². The van der Waals surface area contributed by atoms with Crippen molar-refractivity contribution in [2.24, 2.45) is 0 Å². The third-order valence-electron chi connectivity index (χ3n) is 3.92. The van der Waals surface area contributed by atoms with Gasteiger partial charge < -0.3 is 19.5 Å². The van der Waals surface area contributed by atoms with E-state index in [0.29, 0.717) is 27.6 Å². The molecular formula is C19H21NO6S. The molecule has 0 saturated heterocycles. The normalized spacial score (nSPS) is 10.3. The predicted octanol–water partition coefficient (Wildman–Crippen LogP) is 3.38. The van der Waals surface area contributed by atoms with Crippen LogP contribution in [0.5, 0.6) is 11.5 Å². The Kier molecular flexibility index (Phi) is 6.57. The standard InChI is InChI=1S/C19H21NO6S/c1-10-11(2)27-18(20-12(3)21)17(10)19(23)26-9-14(22)13-6-7-15(24-4)16(8-13)25-5/h6-8H,9H2,1-5H3,(H,20,21). The van der Waals surface area contributed by atoms with Crippen LogP contribution in [-0.2, 0) is 9.53 Å². The molecule has 1 N–H and O–H groups in total. The second-order valence-electron chi connectivity index (χ2n) is 5.74. The topological polar surface area (TPSA) is 90.9 Å². The molecule has 1 heterocycles. The number of Topliss-reactive ketones (excluding diaryl/α,β-unsaturated/α-hetero) is 1. The second-order valence-corrected chi connectivity index (χ2v) is 6.96. The van der Waals surface area contributed by atoms with Crippen LogP contribution < -0.4 is 14.8 Å². The molecule has 0 unspecified atom stereocenters. The van der Waals surface area contributed by atoms with Gasteiger partial charge in [-0.05, 0) is 37.6 Å². The zero-order valence-electron chi connectivity index (χ0n) is 15.8. The molecule has 0 fully saturated rings. The number of ether oxygens (including phenoxy) is 3. The van der Waals surface area contributed by atoms with Gasteiger partial charge in [0.25, 0.3) is 0 Å². The highest BCUT2D eigenvalue weighted by Gasteiger charge is 2.23. The number of carbonyl (C=O) groups excluding carboxylic acids is 3. The number of aryl methyl sites for hydroxylation is 1. The Bertz CT molecular complexity index is 887. The fourth-order valence-corrected chi connectivity index (χ4v) is 3.51. The number of carbonyl (C=O) groups is 3. The van der Waals surface area contributed by atoms with Gasteiger partial charge in [-0.25, -0.2) is 4.79 Å². The van der Waals surface area contributed by atoms with Gasteiger partial charge in [-0.3, -0.25) is 9.59 Å². The molecule has 0 atom stereocenters. The van der Waals surface area contributed by atoms with E-state index in [2.05, 4.69) is 5.32 Å². The summed E-state index contributed by atoms with van der Waals surface area (Å²) in [6, 6.07) is 4.70. The number of hydrogen-bond acceptors (Lipinski definition) is 7. The number of esters is 1. The van der Waals surface area contributed by atoms with Crippen LogP contribution in [0, 0.1) is 13.8 Å². The number of benzene rings is 1. The van der Waals surface area contributed by atoms with Crippen LogP contribution >= 0.6 is 11.3 Å². The maximum Gasteiger partial charge on any atom is 0.341 e. The second kappa shape index (κ2) is 8.68. The van der Waals surface area contributed by atoms with Crippen LogP contribution in [0.1, 0.15) is 38.1 Å². The molecule has 0 aliphatic rings. The monoisotopic (exact) mass is 391 g/mol. The number of nitrogens with one attached hydrogen (secondary N) is 1. The van der Waals surface area contributed by atoms with Gasteiger partial charge in [-0.1, -0.05) is 0 Å². The number of rotatable bonds is 7. The summed E-state index contributed by atoms with van der Waals surface area (Å²) in [4.78, 5) is 37.1. The van der Waals surface area contributed by atoms with Gasteiger partial charge in [0.05, 0.1) is 19.8 Å². The molecule has 2 aromatic rings. The van der Waals surface area contributed by atoms with Crippen molar-refractivity contribution in [3.8, 4) is 11.5 Å². The summed E-state index contributed by atoms with van der Waals surface area (Å²) in [5, 5.41) is 3.04. The molecule has 7 nitrogen and oxygen atoms in total. The molecule has 1 aromatic carbocycles. The Hall–Kier alpha value is -2.87. The highest BCUT2D eigenvalue weighted by molar-refractivity contribution is 7.16. The van der Waals surface area contributed by atoms with Crippen molar-refractivity contribution in [2.75, 3.05) is 26.1 Å². The number of thiophene rings is 1. The van der Waals surface area contributed by atoms with Crippen molar-refractivity contribution in [2.45, 2.75) is 20.8 Å². The molecular weight excluding hydrogens is 370 g/mol. The molecule has 0 saturated carbocycles. The summed E-state index contributed by atoms with van der Waals surface area (Å²) >= 11 is 1.29. The Morgan fingerprint density at radius 1 is 1.07 bits per heavy atom. The maximum absolute atomic E-state index is 12.5. The minimum atomic E-state index is -0.658. The molecule has 144 valence electrons. The van der Waals surface area contributed by atoms with Crippen molar-refractivity contribution in [1.82, 2.24) is 0 Å². The predicted molar refractivity (Wildman–Crippen MR) is 102 cm³/mol. The lowest BCUT2D eigenvalue weighted by atomic mass is 10.1. The third kappa shape index (κ3) is 4.65. The van der Waals surface area contributed by atoms with Crippen LogP contribution in [0.3, 0.4) is 0 Å². The number of hydrogen-bond donors (Lipinski definition) is 1. The highest BCUT2D eigenvalue weighted by atomic mass is 32.1. The minimum absolute atomic E-state index is 0.271. The van der Waals surface area contributed by atoms with E-state index >= 15 is 0 Å². The van der Waals surface area contributed by atoms with Gasteiger partial charge >= 0.3 is 5.97 Å².